The summed E-state index contributed by atoms with van der Waals surface area (Å²) in [6, 6.07) is 11.5. The number of aryl methyl sites for hydroxylation is 2. The number of anilines is 1. The maximum absolute atomic E-state index is 12.1. The zero-order valence-corrected chi connectivity index (χ0v) is 14.7. The highest BCUT2D eigenvalue weighted by Crippen LogP contribution is 2.27. The van der Waals surface area contributed by atoms with E-state index in [2.05, 4.69) is 25.2 Å². The van der Waals surface area contributed by atoms with E-state index >= 15 is 0 Å². The molecule has 0 spiro atoms. The van der Waals surface area contributed by atoms with Crippen LogP contribution in [0.2, 0.25) is 5.02 Å². The van der Waals surface area contributed by atoms with E-state index < -0.39 is 0 Å². The molecular formula is C19H22ClNO2. The minimum absolute atomic E-state index is 0.0331. The fourth-order valence-electron chi connectivity index (χ4n) is 2.25. The Morgan fingerprint density at radius 1 is 1.17 bits per heavy atom. The highest BCUT2D eigenvalue weighted by molar-refractivity contribution is 6.31. The monoisotopic (exact) mass is 331 g/mol. The van der Waals surface area contributed by atoms with Gasteiger partial charge in [-0.3, -0.25) is 4.79 Å². The van der Waals surface area contributed by atoms with Gasteiger partial charge in [-0.15, -0.1) is 0 Å². The number of hydrogen-bond donors (Lipinski definition) is 1. The van der Waals surface area contributed by atoms with Crippen molar-refractivity contribution in [1.82, 2.24) is 0 Å². The first-order chi connectivity index (χ1) is 10.9. The summed E-state index contributed by atoms with van der Waals surface area (Å²) in [6.45, 7) is 8.10. The number of hydrogen-bond acceptors (Lipinski definition) is 2. The summed E-state index contributed by atoms with van der Waals surface area (Å²) < 4.78 is 5.72. The van der Waals surface area contributed by atoms with E-state index in [1.165, 1.54) is 0 Å². The molecule has 0 aliphatic rings. The molecule has 4 heteroatoms. The standard InChI is InChI=1S/C19H22ClNO2/c1-12(2)16-8-5-13(3)9-18(16)23-11-19(22)21-15-7-6-14(4)17(20)10-15/h5-10,12H,11H2,1-4H3,(H,21,22). The first-order valence-corrected chi connectivity index (χ1v) is 8.04. The van der Waals surface area contributed by atoms with Crippen molar-refractivity contribution in [3.8, 4) is 5.75 Å². The Bertz CT molecular complexity index is 711. The van der Waals surface area contributed by atoms with Gasteiger partial charge in [0.25, 0.3) is 5.91 Å². The van der Waals surface area contributed by atoms with Gasteiger partial charge in [0.15, 0.2) is 6.61 Å². The van der Waals surface area contributed by atoms with Gasteiger partial charge in [-0.2, -0.15) is 0 Å². The van der Waals surface area contributed by atoms with Crippen LogP contribution >= 0.6 is 11.6 Å². The molecular weight excluding hydrogens is 310 g/mol. The normalized spacial score (nSPS) is 10.7. The molecule has 0 radical (unpaired) electrons. The maximum atomic E-state index is 12.1. The van der Waals surface area contributed by atoms with Gasteiger partial charge in [-0.25, -0.2) is 0 Å². The van der Waals surface area contributed by atoms with Crippen molar-refractivity contribution >= 4 is 23.2 Å². The van der Waals surface area contributed by atoms with Gasteiger partial charge in [0.2, 0.25) is 0 Å². The molecule has 0 aromatic heterocycles. The first-order valence-electron chi connectivity index (χ1n) is 7.66. The van der Waals surface area contributed by atoms with Gasteiger partial charge in [0.05, 0.1) is 0 Å². The van der Waals surface area contributed by atoms with E-state index in [9.17, 15) is 4.79 Å². The smallest absolute Gasteiger partial charge is 0.262 e. The van der Waals surface area contributed by atoms with Gasteiger partial charge < -0.3 is 10.1 Å². The summed E-state index contributed by atoms with van der Waals surface area (Å²) in [4.78, 5) is 12.1. The average molecular weight is 332 g/mol. The van der Waals surface area contributed by atoms with Crippen molar-refractivity contribution in [2.45, 2.75) is 33.6 Å². The Balaban J connectivity index is 2.01. The topological polar surface area (TPSA) is 38.3 Å². The molecule has 0 atom stereocenters. The molecule has 2 aromatic carbocycles. The molecule has 0 heterocycles. The van der Waals surface area contributed by atoms with Crippen LogP contribution in [0.5, 0.6) is 5.75 Å². The number of carbonyl (C=O) groups excluding carboxylic acids is 1. The third-order valence-corrected chi connectivity index (χ3v) is 4.01. The van der Waals surface area contributed by atoms with Gasteiger partial charge in [0.1, 0.15) is 5.75 Å². The molecule has 0 bridgehead atoms. The van der Waals surface area contributed by atoms with Crippen LogP contribution in [0.4, 0.5) is 5.69 Å². The van der Waals surface area contributed by atoms with Crippen LogP contribution in [0.3, 0.4) is 0 Å². The van der Waals surface area contributed by atoms with Gasteiger partial charge >= 0.3 is 0 Å². The molecule has 0 saturated carbocycles. The summed E-state index contributed by atoms with van der Waals surface area (Å²) in [7, 11) is 0. The van der Waals surface area contributed by atoms with Crippen molar-refractivity contribution in [2.24, 2.45) is 0 Å². The van der Waals surface area contributed by atoms with E-state index in [1.807, 2.05) is 38.1 Å². The van der Waals surface area contributed by atoms with Crippen molar-refractivity contribution in [1.29, 1.82) is 0 Å². The number of benzene rings is 2. The van der Waals surface area contributed by atoms with Crippen LogP contribution < -0.4 is 10.1 Å². The minimum atomic E-state index is -0.207. The molecule has 1 amide bonds. The summed E-state index contributed by atoms with van der Waals surface area (Å²) in [5, 5.41) is 3.42. The number of carbonyl (C=O) groups is 1. The van der Waals surface area contributed by atoms with Gasteiger partial charge in [-0.1, -0.05) is 43.6 Å². The van der Waals surface area contributed by atoms with Crippen molar-refractivity contribution in [2.75, 3.05) is 11.9 Å². The van der Waals surface area contributed by atoms with E-state index in [1.54, 1.807) is 6.07 Å². The van der Waals surface area contributed by atoms with Gasteiger partial charge in [-0.05, 0) is 54.7 Å². The number of ether oxygens (including phenoxy) is 1. The molecule has 2 rings (SSSR count). The number of nitrogens with one attached hydrogen (secondary N) is 1. The minimum Gasteiger partial charge on any atom is -0.483 e. The Kier molecular flexibility index (Phi) is 5.67. The number of rotatable bonds is 5. The largest absolute Gasteiger partial charge is 0.483 e. The molecule has 0 saturated heterocycles. The fraction of sp³-hybridized carbons (Fsp3) is 0.316. The molecule has 3 nitrogen and oxygen atoms in total. The molecule has 0 unspecified atom stereocenters. The van der Waals surface area contributed by atoms with Crippen LogP contribution in [-0.4, -0.2) is 12.5 Å². The highest BCUT2D eigenvalue weighted by Gasteiger charge is 2.10. The van der Waals surface area contributed by atoms with E-state index in [0.717, 1.165) is 22.4 Å². The quantitative estimate of drug-likeness (QED) is 0.828. The summed E-state index contributed by atoms with van der Waals surface area (Å²) in [6.07, 6.45) is 0. The zero-order valence-electron chi connectivity index (χ0n) is 13.9. The molecule has 0 aliphatic carbocycles. The lowest BCUT2D eigenvalue weighted by molar-refractivity contribution is -0.118. The lowest BCUT2D eigenvalue weighted by Gasteiger charge is -2.15. The SMILES string of the molecule is Cc1ccc(C(C)C)c(OCC(=O)Nc2ccc(C)c(Cl)c2)c1. The van der Waals surface area contributed by atoms with Crippen LogP contribution in [0.1, 0.15) is 36.5 Å². The van der Waals surface area contributed by atoms with Crippen LogP contribution in [0, 0.1) is 13.8 Å². The second-order valence-electron chi connectivity index (χ2n) is 6.00. The summed E-state index contributed by atoms with van der Waals surface area (Å²) in [5.74, 6) is 0.891. The van der Waals surface area contributed by atoms with Gasteiger partial charge in [0, 0.05) is 10.7 Å². The van der Waals surface area contributed by atoms with Crippen molar-refractivity contribution < 1.29 is 9.53 Å². The third kappa shape index (κ3) is 4.73. The lowest BCUT2D eigenvalue weighted by Crippen LogP contribution is -2.20. The number of amides is 1. The molecule has 2 aromatic rings. The molecule has 0 fully saturated rings. The molecule has 1 N–H and O–H groups in total. The predicted molar refractivity (Wildman–Crippen MR) is 95.6 cm³/mol. The lowest BCUT2D eigenvalue weighted by atomic mass is 10.0. The Labute approximate surface area is 142 Å². The fourth-order valence-corrected chi connectivity index (χ4v) is 2.44. The number of halogens is 1. The van der Waals surface area contributed by atoms with E-state index in [-0.39, 0.29) is 12.5 Å². The van der Waals surface area contributed by atoms with Crippen LogP contribution in [-0.2, 0) is 4.79 Å². The Morgan fingerprint density at radius 2 is 1.91 bits per heavy atom. The van der Waals surface area contributed by atoms with E-state index in [4.69, 9.17) is 16.3 Å². The first kappa shape index (κ1) is 17.4. The van der Waals surface area contributed by atoms with E-state index in [0.29, 0.717) is 16.6 Å². The molecule has 0 aliphatic heterocycles. The third-order valence-electron chi connectivity index (χ3n) is 3.61. The zero-order chi connectivity index (χ0) is 17.0. The highest BCUT2D eigenvalue weighted by atomic mass is 35.5. The Morgan fingerprint density at radius 3 is 2.57 bits per heavy atom. The van der Waals surface area contributed by atoms with Crippen LogP contribution in [0.15, 0.2) is 36.4 Å². The summed E-state index contributed by atoms with van der Waals surface area (Å²) >= 11 is 6.06. The second-order valence-corrected chi connectivity index (χ2v) is 6.40. The average Bonchev–Trinajstić information content (AvgIpc) is 2.48. The van der Waals surface area contributed by atoms with Crippen molar-refractivity contribution in [3.05, 3.63) is 58.1 Å². The predicted octanol–water partition coefficient (Wildman–Crippen LogP) is 5.10. The Hall–Kier alpha value is -2.00. The molecule has 23 heavy (non-hydrogen) atoms. The van der Waals surface area contributed by atoms with Crippen molar-refractivity contribution in [3.63, 3.8) is 0 Å². The summed E-state index contributed by atoms with van der Waals surface area (Å²) in [5.41, 5.74) is 3.85. The maximum Gasteiger partial charge on any atom is 0.262 e. The van der Waals surface area contributed by atoms with Crippen LogP contribution in [0.25, 0.3) is 0 Å². The second kappa shape index (κ2) is 7.51. The molecule has 122 valence electrons.